The number of nitrogens with zero attached hydrogens (tertiary/aromatic N) is 1. The number of carbonyl (C=O) groups excluding carboxylic acids is 1. The molecule has 0 saturated carbocycles. The van der Waals surface area contributed by atoms with Gasteiger partial charge in [-0.2, -0.15) is 0 Å². The molecule has 0 bridgehead atoms. The first-order valence-corrected chi connectivity index (χ1v) is 5.65. The maximum absolute atomic E-state index is 10.7. The van der Waals surface area contributed by atoms with Crippen molar-refractivity contribution in [3.05, 3.63) is 24.4 Å². The van der Waals surface area contributed by atoms with Crippen molar-refractivity contribution < 1.29 is 9.53 Å². The second-order valence-electron chi connectivity index (χ2n) is 3.33. The Labute approximate surface area is 95.3 Å². The van der Waals surface area contributed by atoms with Gasteiger partial charge in [-0.05, 0) is 25.1 Å². The van der Waals surface area contributed by atoms with E-state index in [0.717, 1.165) is 25.9 Å². The first-order valence-electron chi connectivity index (χ1n) is 5.12. The minimum Gasteiger partial charge on any atom is -0.465 e. The summed E-state index contributed by atoms with van der Waals surface area (Å²) in [4.78, 5) is 12.9. The molecule has 0 spiro atoms. The second kappa shape index (κ2) is 7.35. The van der Waals surface area contributed by atoms with Crippen molar-refractivity contribution >= 4 is 17.6 Å². The van der Waals surface area contributed by atoms with Crippen molar-refractivity contribution in [3.63, 3.8) is 0 Å². The molecule has 0 saturated heterocycles. The molecule has 4 heteroatoms. The number of alkyl halides is 1. The van der Waals surface area contributed by atoms with Crippen molar-refractivity contribution in [2.24, 2.45) is 0 Å². The van der Waals surface area contributed by atoms with Gasteiger partial charge < -0.3 is 9.64 Å². The van der Waals surface area contributed by atoms with Crippen molar-refractivity contribution in [2.75, 3.05) is 25.6 Å². The Bertz CT molecular complexity index is 251. The topological polar surface area (TPSA) is 29.5 Å². The molecule has 0 aromatic rings. The summed E-state index contributed by atoms with van der Waals surface area (Å²) in [5, 5.41) is 0. The molecule has 0 N–H and O–H groups in total. The third-order valence-electron chi connectivity index (χ3n) is 2.10. The predicted octanol–water partition coefficient (Wildman–Crippen LogP) is 1.93. The summed E-state index contributed by atoms with van der Waals surface area (Å²) in [6.07, 6.45) is 10.2. The monoisotopic (exact) mass is 229 g/mol. The molecule has 0 amide bonds. The van der Waals surface area contributed by atoms with Gasteiger partial charge in [0.25, 0.3) is 0 Å². The van der Waals surface area contributed by atoms with Crippen LogP contribution < -0.4 is 0 Å². The molecular weight excluding hydrogens is 214 g/mol. The van der Waals surface area contributed by atoms with Gasteiger partial charge in [-0.25, -0.2) is 0 Å². The summed E-state index contributed by atoms with van der Waals surface area (Å²) in [6, 6.07) is 0. The fraction of sp³-hybridized carbons (Fsp3) is 0.545. The molecule has 1 aliphatic heterocycles. The highest BCUT2D eigenvalue weighted by Gasteiger charge is 2.01. The van der Waals surface area contributed by atoms with Crippen LogP contribution in [0.1, 0.15) is 12.8 Å². The zero-order chi connectivity index (χ0) is 10.9. The lowest BCUT2D eigenvalue weighted by atomic mass is 10.3. The normalized spacial score (nSPS) is 14.3. The van der Waals surface area contributed by atoms with Gasteiger partial charge in [-0.15, -0.1) is 11.6 Å². The van der Waals surface area contributed by atoms with Gasteiger partial charge in [-0.3, -0.25) is 4.79 Å². The molecule has 1 rings (SSSR count). The molecule has 1 aliphatic rings. The second-order valence-corrected chi connectivity index (χ2v) is 3.59. The maximum atomic E-state index is 10.7. The number of ether oxygens (including phenoxy) is 1. The summed E-state index contributed by atoms with van der Waals surface area (Å²) in [5.41, 5.74) is 0. The summed E-state index contributed by atoms with van der Waals surface area (Å²) in [7, 11) is 0. The highest BCUT2D eigenvalue weighted by molar-refractivity contribution is 6.26. The number of carbonyl (C=O) groups is 1. The molecule has 0 aromatic carbocycles. The van der Waals surface area contributed by atoms with Crippen LogP contribution in [-0.4, -0.2) is 36.4 Å². The predicted molar refractivity (Wildman–Crippen MR) is 60.8 cm³/mol. The van der Waals surface area contributed by atoms with E-state index in [-0.39, 0.29) is 11.8 Å². The molecule has 0 aromatic heterocycles. The Kier molecular flexibility index (Phi) is 5.93. The average molecular weight is 230 g/mol. The Morgan fingerprint density at radius 1 is 1.40 bits per heavy atom. The van der Waals surface area contributed by atoms with Crippen molar-refractivity contribution in [3.8, 4) is 0 Å². The highest BCUT2D eigenvalue weighted by Crippen LogP contribution is 2.01. The number of unbranched alkanes of at least 4 members (excludes halogenated alkanes) is 1. The van der Waals surface area contributed by atoms with Crippen LogP contribution in [0.15, 0.2) is 24.4 Å². The van der Waals surface area contributed by atoms with E-state index in [1.54, 1.807) is 0 Å². The van der Waals surface area contributed by atoms with Gasteiger partial charge in [0.2, 0.25) is 0 Å². The lowest BCUT2D eigenvalue weighted by Gasteiger charge is -2.19. The minimum atomic E-state index is -0.336. The zero-order valence-corrected chi connectivity index (χ0v) is 9.45. The van der Waals surface area contributed by atoms with Crippen LogP contribution in [0.5, 0.6) is 0 Å². The molecule has 0 aliphatic carbocycles. The lowest BCUT2D eigenvalue weighted by molar-refractivity contribution is -0.140. The van der Waals surface area contributed by atoms with E-state index in [1.807, 2.05) is 12.2 Å². The largest absolute Gasteiger partial charge is 0.465 e. The molecular formula is C11H16ClNO2. The quantitative estimate of drug-likeness (QED) is 0.396. The molecule has 0 fully saturated rings. The van der Waals surface area contributed by atoms with Crippen LogP contribution in [0.3, 0.4) is 0 Å². The Morgan fingerprint density at radius 3 is 2.93 bits per heavy atom. The smallest absolute Gasteiger partial charge is 0.320 e. The number of allylic oxidation sites excluding steroid dienone is 2. The molecule has 0 unspecified atom stereocenters. The maximum Gasteiger partial charge on any atom is 0.320 e. The van der Waals surface area contributed by atoms with Gasteiger partial charge in [0, 0.05) is 13.1 Å². The summed E-state index contributed by atoms with van der Waals surface area (Å²) in [6.45, 7) is 2.44. The zero-order valence-electron chi connectivity index (χ0n) is 8.69. The molecule has 1 heterocycles. The number of hydrogen-bond donors (Lipinski definition) is 0. The highest BCUT2D eigenvalue weighted by atomic mass is 35.5. The van der Waals surface area contributed by atoms with Crippen LogP contribution in [0.4, 0.5) is 0 Å². The number of halogens is 1. The average Bonchev–Trinajstić information content (AvgIpc) is 2.29. The van der Waals surface area contributed by atoms with Gasteiger partial charge in [0.1, 0.15) is 5.88 Å². The van der Waals surface area contributed by atoms with E-state index in [1.165, 1.54) is 0 Å². The first-order chi connectivity index (χ1) is 7.33. The Balaban J connectivity index is 1.95. The molecule has 84 valence electrons. The van der Waals surface area contributed by atoms with E-state index >= 15 is 0 Å². The van der Waals surface area contributed by atoms with E-state index in [2.05, 4.69) is 17.2 Å². The van der Waals surface area contributed by atoms with Crippen LogP contribution in [0.2, 0.25) is 0 Å². The molecule has 15 heavy (non-hydrogen) atoms. The van der Waals surface area contributed by atoms with Crippen molar-refractivity contribution in [2.45, 2.75) is 12.8 Å². The third kappa shape index (κ3) is 5.47. The van der Waals surface area contributed by atoms with Gasteiger partial charge in [0.15, 0.2) is 0 Å². The summed E-state index contributed by atoms with van der Waals surface area (Å²) < 4.78 is 4.86. The SMILES string of the molecule is O=C(CCl)OCCCCN1C=CC=CC1. The molecule has 0 radical (unpaired) electrons. The molecule has 0 atom stereocenters. The Morgan fingerprint density at radius 2 is 2.27 bits per heavy atom. The van der Waals surface area contributed by atoms with Crippen LogP contribution in [0, 0.1) is 0 Å². The van der Waals surface area contributed by atoms with Crippen LogP contribution in [-0.2, 0) is 9.53 Å². The molecule has 3 nitrogen and oxygen atoms in total. The van der Waals surface area contributed by atoms with E-state index in [9.17, 15) is 4.79 Å². The Hall–Kier alpha value is -0.960. The fourth-order valence-electron chi connectivity index (χ4n) is 1.31. The number of hydrogen-bond acceptors (Lipinski definition) is 3. The minimum absolute atomic E-state index is 0.0559. The van der Waals surface area contributed by atoms with Crippen LogP contribution in [0.25, 0.3) is 0 Å². The van der Waals surface area contributed by atoms with Crippen molar-refractivity contribution in [1.29, 1.82) is 0 Å². The first kappa shape index (κ1) is 12.1. The van der Waals surface area contributed by atoms with Crippen LogP contribution >= 0.6 is 11.6 Å². The summed E-state index contributed by atoms with van der Waals surface area (Å²) >= 11 is 5.29. The number of rotatable bonds is 6. The third-order valence-corrected chi connectivity index (χ3v) is 2.31. The number of esters is 1. The van der Waals surface area contributed by atoms with E-state index < -0.39 is 0 Å². The standard InChI is InChI=1S/C11H16ClNO2/c12-10-11(14)15-9-5-4-8-13-6-2-1-3-7-13/h1-3,6H,4-5,7-10H2. The van der Waals surface area contributed by atoms with Gasteiger partial charge in [-0.1, -0.05) is 12.2 Å². The van der Waals surface area contributed by atoms with Gasteiger partial charge in [0.05, 0.1) is 6.61 Å². The fourth-order valence-corrected chi connectivity index (χ4v) is 1.39. The van der Waals surface area contributed by atoms with E-state index in [0.29, 0.717) is 6.61 Å². The van der Waals surface area contributed by atoms with Gasteiger partial charge >= 0.3 is 5.97 Å². The lowest BCUT2D eigenvalue weighted by Crippen LogP contribution is -2.20. The summed E-state index contributed by atoms with van der Waals surface area (Å²) in [5.74, 6) is -0.392. The van der Waals surface area contributed by atoms with E-state index in [4.69, 9.17) is 16.3 Å². The van der Waals surface area contributed by atoms with Crippen molar-refractivity contribution in [1.82, 2.24) is 4.90 Å².